The van der Waals surface area contributed by atoms with Gasteiger partial charge in [-0.2, -0.15) is 0 Å². The predicted octanol–water partition coefficient (Wildman–Crippen LogP) is 2.79. The van der Waals surface area contributed by atoms with Crippen LogP contribution in [0.1, 0.15) is 27.2 Å². The van der Waals surface area contributed by atoms with Crippen molar-refractivity contribution in [3.05, 3.63) is 23.8 Å². The molecule has 0 aliphatic carbocycles. The molecule has 0 aromatic heterocycles. The zero-order valence-corrected chi connectivity index (χ0v) is 10.7. The van der Waals surface area contributed by atoms with Crippen LogP contribution in [0.3, 0.4) is 0 Å². The molecular formula is C12H20O2S. The number of aliphatic hydroxyl groups is 1. The second-order valence-corrected chi connectivity index (χ2v) is 4.41. The van der Waals surface area contributed by atoms with E-state index in [1.54, 1.807) is 18.4 Å². The van der Waals surface area contributed by atoms with Crippen LogP contribution in [-0.4, -0.2) is 22.6 Å². The lowest BCUT2D eigenvalue weighted by Gasteiger charge is -2.13. The molecule has 0 radical (unpaired) electrons. The minimum absolute atomic E-state index is 0.0476. The maximum atomic E-state index is 11.0. The summed E-state index contributed by atoms with van der Waals surface area (Å²) in [5.41, 5.74) is 1.01. The number of thioether (sulfide) groups is 1. The third-order valence-electron chi connectivity index (χ3n) is 2.23. The Morgan fingerprint density at radius 2 is 2.07 bits per heavy atom. The quantitative estimate of drug-likeness (QED) is 0.581. The zero-order chi connectivity index (χ0) is 11.8. The largest absolute Gasteiger partial charge is 0.393 e. The Balaban J connectivity index is 4.31. The summed E-state index contributed by atoms with van der Waals surface area (Å²) in [4.78, 5) is 11.0. The van der Waals surface area contributed by atoms with Crippen molar-refractivity contribution in [1.82, 2.24) is 0 Å². The van der Waals surface area contributed by atoms with Gasteiger partial charge in [0.05, 0.1) is 6.10 Å². The lowest BCUT2D eigenvalue weighted by molar-refractivity contribution is -0.107. The summed E-state index contributed by atoms with van der Waals surface area (Å²) in [6.07, 6.45) is 7.54. The molecule has 0 saturated carbocycles. The molecule has 0 aromatic carbocycles. The molecule has 3 heteroatoms. The van der Waals surface area contributed by atoms with E-state index < -0.39 is 0 Å². The van der Waals surface area contributed by atoms with Gasteiger partial charge in [-0.1, -0.05) is 43.3 Å². The molecule has 0 rings (SSSR count). The Morgan fingerprint density at radius 1 is 1.47 bits per heavy atom. The minimum atomic E-state index is -0.301. The van der Waals surface area contributed by atoms with Crippen LogP contribution < -0.4 is 0 Å². The molecule has 1 N–H and O–H groups in total. The van der Waals surface area contributed by atoms with Gasteiger partial charge in [-0.05, 0) is 25.7 Å². The minimum Gasteiger partial charge on any atom is -0.393 e. The fourth-order valence-electron chi connectivity index (χ4n) is 1.22. The summed E-state index contributed by atoms with van der Waals surface area (Å²) in [6, 6.07) is 0. The Morgan fingerprint density at radius 3 is 2.53 bits per heavy atom. The van der Waals surface area contributed by atoms with Gasteiger partial charge in [0.15, 0.2) is 0 Å². The molecule has 2 nitrogen and oxygen atoms in total. The van der Waals surface area contributed by atoms with E-state index in [0.29, 0.717) is 0 Å². The van der Waals surface area contributed by atoms with E-state index in [9.17, 15) is 9.90 Å². The number of carbonyl (C=O) groups is 1. The number of rotatable bonds is 5. The Labute approximate surface area is 96.5 Å². The molecule has 0 saturated heterocycles. The fourth-order valence-corrected chi connectivity index (χ4v) is 1.42. The summed E-state index contributed by atoms with van der Waals surface area (Å²) in [5, 5.41) is 9.61. The average Bonchev–Trinajstić information content (AvgIpc) is 2.24. The summed E-state index contributed by atoms with van der Waals surface area (Å²) >= 11 is 1.19. The normalized spacial score (nSPS) is 16.7. The average molecular weight is 228 g/mol. The van der Waals surface area contributed by atoms with E-state index in [1.165, 1.54) is 11.8 Å². The molecule has 0 bridgehead atoms. The maximum Gasteiger partial charge on any atom is 0.211 e. The van der Waals surface area contributed by atoms with E-state index in [1.807, 2.05) is 26.8 Å². The lowest BCUT2D eigenvalue weighted by atomic mass is 10.00. The second-order valence-electron chi connectivity index (χ2n) is 3.60. The highest BCUT2D eigenvalue weighted by atomic mass is 32.2. The molecule has 15 heavy (non-hydrogen) atoms. The summed E-state index contributed by atoms with van der Waals surface area (Å²) in [6.45, 7) is 5.86. The van der Waals surface area contributed by atoms with Crippen LogP contribution in [-0.2, 0) is 4.79 Å². The van der Waals surface area contributed by atoms with Crippen LogP contribution in [0.4, 0.5) is 0 Å². The van der Waals surface area contributed by atoms with E-state index >= 15 is 0 Å². The number of aliphatic hydroxyl groups excluding tert-OH is 1. The van der Waals surface area contributed by atoms with Crippen molar-refractivity contribution < 1.29 is 9.90 Å². The first kappa shape index (κ1) is 14.5. The molecular weight excluding hydrogens is 208 g/mol. The van der Waals surface area contributed by atoms with Gasteiger partial charge in [0.2, 0.25) is 5.12 Å². The highest BCUT2D eigenvalue weighted by Gasteiger charge is 2.08. The SMILES string of the molecule is CC[C@@H](O)[C@@H](C)C=C(C)C=CC(=O)SC. The first-order valence-corrected chi connectivity index (χ1v) is 6.36. The molecule has 0 heterocycles. The smallest absolute Gasteiger partial charge is 0.211 e. The molecule has 86 valence electrons. The van der Waals surface area contributed by atoms with E-state index in [4.69, 9.17) is 0 Å². The molecule has 2 atom stereocenters. The van der Waals surface area contributed by atoms with E-state index in [2.05, 4.69) is 0 Å². The van der Waals surface area contributed by atoms with Crippen LogP contribution in [0.2, 0.25) is 0 Å². The Bertz CT molecular complexity index is 256. The molecule has 0 aromatic rings. The van der Waals surface area contributed by atoms with Crippen LogP contribution in [0, 0.1) is 5.92 Å². The standard InChI is InChI=1S/C12H20O2S/c1-5-11(13)10(3)8-9(2)6-7-12(14)15-4/h6-8,10-11,13H,5H2,1-4H3/t10-,11+/m0/s1. The highest BCUT2D eigenvalue weighted by molar-refractivity contribution is 8.13. The van der Waals surface area contributed by atoms with E-state index in [0.717, 1.165) is 12.0 Å². The van der Waals surface area contributed by atoms with Crippen molar-refractivity contribution in [3.8, 4) is 0 Å². The van der Waals surface area contributed by atoms with Crippen molar-refractivity contribution in [3.63, 3.8) is 0 Å². The topological polar surface area (TPSA) is 37.3 Å². The van der Waals surface area contributed by atoms with Crippen molar-refractivity contribution >= 4 is 16.9 Å². The highest BCUT2D eigenvalue weighted by Crippen LogP contribution is 2.11. The van der Waals surface area contributed by atoms with Crippen molar-refractivity contribution in [2.45, 2.75) is 33.3 Å². The molecule has 0 unspecified atom stereocenters. The molecule has 0 fully saturated rings. The summed E-state index contributed by atoms with van der Waals surface area (Å²) in [7, 11) is 0. The lowest BCUT2D eigenvalue weighted by Crippen LogP contribution is -2.14. The number of carbonyl (C=O) groups excluding carboxylic acids is 1. The van der Waals surface area contributed by atoms with Crippen molar-refractivity contribution in [2.75, 3.05) is 6.26 Å². The van der Waals surface area contributed by atoms with Crippen LogP contribution in [0.5, 0.6) is 0 Å². The first-order valence-electron chi connectivity index (χ1n) is 5.13. The Kier molecular flexibility index (Phi) is 7.44. The van der Waals surface area contributed by atoms with Crippen molar-refractivity contribution in [2.24, 2.45) is 5.92 Å². The van der Waals surface area contributed by atoms with Gasteiger partial charge in [0.25, 0.3) is 0 Å². The third kappa shape index (κ3) is 6.52. The van der Waals surface area contributed by atoms with Gasteiger partial charge < -0.3 is 5.11 Å². The summed E-state index contributed by atoms with van der Waals surface area (Å²) in [5.74, 6) is 0.129. The van der Waals surface area contributed by atoms with Gasteiger partial charge in [-0.25, -0.2) is 0 Å². The monoisotopic (exact) mass is 228 g/mol. The molecule has 0 aliphatic rings. The zero-order valence-electron chi connectivity index (χ0n) is 9.86. The van der Waals surface area contributed by atoms with Crippen LogP contribution in [0.25, 0.3) is 0 Å². The number of allylic oxidation sites excluding steroid dienone is 2. The third-order valence-corrected chi connectivity index (χ3v) is 2.77. The van der Waals surface area contributed by atoms with Gasteiger partial charge >= 0.3 is 0 Å². The predicted molar refractivity (Wildman–Crippen MR) is 66.9 cm³/mol. The first-order chi connectivity index (χ1) is 7.01. The molecule has 0 spiro atoms. The number of hydrogen-bond acceptors (Lipinski definition) is 3. The van der Waals surface area contributed by atoms with Crippen LogP contribution in [0.15, 0.2) is 23.8 Å². The van der Waals surface area contributed by atoms with Crippen molar-refractivity contribution in [1.29, 1.82) is 0 Å². The maximum absolute atomic E-state index is 11.0. The van der Waals surface area contributed by atoms with Gasteiger partial charge in [-0.3, -0.25) is 4.79 Å². The molecule has 0 aliphatic heterocycles. The number of hydrogen-bond donors (Lipinski definition) is 1. The Hall–Kier alpha value is -0.540. The summed E-state index contributed by atoms with van der Waals surface area (Å²) < 4.78 is 0. The molecule has 0 amide bonds. The van der Waals surface area contributed by atoms with Crippen LogP contribution >= 0.6 is 11.8 Å². The second kappa shape index (κ2) is 7.71. The van der Waals surface area contributed by atoms with Gasteiger partial charge in [0.1, 0.15) is 0 Å². The fraction of sp³-hybridized carbons (Fsp3) is 0.583. The van der Waals surface area contributed by atoms with E-state index in [-0.39, 0.29) is 17.1 Å². The van der Waals surface area contributed by atoms with Gasteiger partial charge in [0, 0.05) is 5.92 Å². The van der Waals surface area contributed by atoms with Gasteiger partial charge in [-0.15, -0.1) is 0 Å².